The van der Waals surface area contributed by atoms with Gasteiger partial charge in [0.25, 0.3) is 0 Å². The van der Waals surface area contributed by atoms with Crippen LogP contribution in [0.5, 0.6) is 0 Å². The number of hydrogen-bond donors (Lipinski definition) is 0. The summed E-state index contributed by atoms with van der Waals surface area (Å²) in [6.07, 6.45) is 0. The molecule has 26 heavy (non-hydrogen) atoms. The van der Waals surface area contributed by atoms with Crippen LogP contribution in [0.3, 0.4) is 0 Å². The second-order valence-electron chi connectivity index (χ2n) is 11.6. The first-order chi connectivity index (χ1) is 11.4. The van der Waals surface area contributed by atoms with E-state index in [9.17, 15) is 0 Å². The smallest absolute Gasteiger partial charge is 0.300 e. The maximum Gasteiger partial charge on any atom is 0.300 e. The van der Waals surface area contributed by atoms with Gasteiger partial charge >= 0.3 is 8.08 Å². The van der Waals surface area contributed by atoms with Gasteiger partial charge in [-0.2, -0.15) is 0 Å². The van der Waals surface area contributed by atoms with Gasteiger partial charge in [0.2, 0.25) is 0 Å². The maximum absolute atomic E-state index is 7.30. The van der Waals surface area contributed by atoms with Gasteiger partial charge < -0.3 is 8.23 Å². The van der Waals surface area contributed by atoms with Crippen LogP contribution in [0.15, 0.2) is 30.3 Å². The highest BCUT2D eigenvalue weighted by molar-refractivity contribution is 7.41. The average Bonchev–Trinajstić information content (AvgIpc) is 2.32. The van der Waals surface area contributed by atoms with Crippen molar-refractivity contribution in [3.05, 3.63) is 35.9 Å². The Morgan fingerprint density at radius 1 is 0.615 bits per heavy atom. The molecule has 0 aliphatic rings. The van der Waals surface area contributed by atoms with Crippen LogP contribution in [-0.4, -0.2) is 40.4 Å². The molecule has 1 aromatic carbocycles. The van der Waals surface area contributed by atoms with Gasteiger partial charge in [-0.05, 0) is 44.8 Å². The first kappa shape index (κ1) is 24.3. The molecule has 1 aromatic rings. The van der Waals surface area contributed by atoms with Gasteiger partial charge in [0.1, 0.15) is 7.59 Å². The molecule has 0 saturated heterocycles. The first-order valence-electron chi connectivity index (χ1n) is 9.84. The molecule has 1 unspecified atom stereocenters. The predicted molar refractivity (Wildman–Crippen MR) is 130 cm³/mol. The van der Waals surface area contributed by atoms with Crippen LogP contribution >= 0.6 is 0 Å². The highest BCUT2D eigenvalue weighted by Gasteiger charge is 2.62. The molecule has 0 spiro atoms. The molecular formula is C19H42O2Si5. The minimum Gasteiger partial charge on any atom is -0.439 e. The predicted octanol–water partition coefficient (Wildman–Crippen LogP) is 6.75. The van der Waals surface area contributed by atoms with E-state index < -0.39 is 40.4 Å². The Balaban J connectivity index is 3.81. The molecule has 0 aromatic heterocycles. The van der Waals surface area contributed by atoms with Crippen LogP contribution in [0.4, 0.5) is 0 Å². The number of rotatable bonds is 8. The summed E-state index contributed by atoms with van der Waals surface area (Å²) in [6.45, 7) is 29.1. The van der Waals surface area contributed by atoms with Crippen molar-refractivity contribution in [3.63, 3.8) is 0 Å². The van der Waals surface area contributed by atoms with Gasteiger partial charge in [0, 0.05) is 5.16 Å². The minimum atomic E-state index is -2.45. The van der Waals surface area contributed by atoms with Crippen molar-refractivity contribution in [2.24, 2.45) is 0 Å². The fraction of sp³-hybridized carbons (Fsp3) is 0.684. The van der Waals surface area contributed by atoms with Crippen LogP contribution in [-0.2, 0) is 8.23 Å². The van der Waals surface area contributed by atoms with Gasteiger partial charge in [0.05, 0.1) is 8.07 Å². The monoisotopic (exact) mass is 442 g/mol. The lowest BCUT2D eigenvalue weighted by Gasteiger charge is -2.54. The molecule has 0 saturated carbocycles. The SMILES string of the molecule is C[Si](C)(C)O[Si](O[Si](C)(C)C)(C(c1ccccc1)[Si](C)(C)C)[Si](C)(C)C. The molecular weight excluding hydrogens is 401 g/mol. The Kier molecular flexibility index (Phi) is 7.39. The van der Waals surface area contributed by atoms with E-state index in [1.807, 2.05) is 0 Å². The van der Waals surface area contributed by atoms with Crippen molar-refractivity contribution < 1.29 is 8.23 Å². The van der Waals surface area contributed by atoms with Crippen LogP contribution in [0.25, 0.3) is 0 Å². The molecule has 1 atom stereocenters. The number of benzene rings is 1. The fourth-order valence-electron chi connectivity index (χ4n) is 3.72. The van der Waals surface area contributed by atoms with Gasteiger partial charge in [-0.25, -0.2) is 0 Å². The Hall–Kier alpha value is 0.224. The van der Waals surface area contributed by atoms with Crippen molar-refractivity contribution >= 4 is 40.4 Å². The van der Waals surface area contributed by atoms with Crippen LogP contribution in [0, 0.1) is 0 Å². The Bertz CT molecular complexity index is 561. The lowest BCUT2D eigenvalue weighted by Crippen LogP contribution is -2.74. The molecule has 0 bridgehead atoms. The van der Waals surface area contributed by atoms with Crippen LogP contribution < -0.4 is 0 Å². The summed E-state index contributed by atoms with van der Waals surface area (Å²) in [5, 5.41) is 0.473. The molecule has 0 radical (unpaired) electrons. The van der Waals surface area contributed by atoms with Crippen molar-refractivity contribution in [2.45, 2.75) is 83.7 Å². The minimum absolute atomic E-state index is 0.473. The highest BCUT2D eigenvalue weighted by atomic mass is 29.3. The van der Waals surface area contributed by atoms with E-state index >= 15 is 0 Å². The molecule has 0 aliphatic carbocycles. The zero-order valence-corrected chi connectivity index (χ0v) is 24.3. The zero-order chi connectivity index (χ0) is 20.6. The molecule has 0 fully saturated rings. The highest BCUT2D eigenvalue weighted by Crippen LogP contribution is 2.44. The second-order valence-corrected chi connectivity index (χ2v) is 40.5. The molecule has 0 N–H and O–H groups in total. The topological polar surface area (TPSA) is 18.5 Å². The van der Waals surface area contributed by atoms with Crippen molar-refractivity contribution in [3.8, 4) is 0 Å². The van der Waals surface area contributed by atoms with Gasteiger partial charge in [0.15, 0.2) is 16.6 Å². The second kappa shape index (κ2) is 7.92. The zero-order valence-electron chi connectivity index (χ0n) is 19.3. The van der Waals surface area contributed by atoms with E-state index in [0.29, 0.717) is 5.16 Å². The van der Waals surface area contributed by atoms with Crippen LogP contribution in [0.1, 0.15) is 10.7 Å². The summed E-state index contributed by atoms with van der Waals surface area (Å²) in [4.78, 5) is 0. The Labute approximate surface area is 168 Å². The molecule has 0 heterocycles. The fourth-order valence-corrected chi connectivity index (χ4v) is 45.2. The summed E-state index contributed by atoms with van der Waals surface area (Å²) in [7, 11) is -9.27. The molecule has 2 nitrogen and oxygen atoms in total. The third-order valence-electron chi connectivity index (χ3n) is 4.34. The third-order valence-corrected chi connectivity index (χ3v) is 30.5. The standard InChI is InChI=1S/C19H42O2Si5/c1-22(2,3)19(18-16-14-13-15-17-18)26(25(10,11)12,20-23(4,5)6)21-24(7,8)9/h13-17,19H,1-12H3. The van der Waals surface area contributed by atoms with E-state index in [1.54, 1.807) is 0 Å². The largest absolute Gasteiger partial charge is 0.439 e. The normalized spacial score (nSPS) is 15.8. The summed E-state index contributed by atoms with van der Waals surface area (Å²) in [6, 6.07) is 11.2. The maximum atomic E-state index is 7.30. The summed E-state index contributed by atoms with van der Waals surface area (Å²) >= 11 is 0. The van der Waals surface area contributed by atoms with Crippen molar-refractivity contribution in [1.29, 1.82) is 0 Å². The van der Waals surface area contributed by atoms with E-state index in [4.69, 9.17) is 8.23 Å². The quantitative estimate of drug-likeness (QED) is 0.414. The molecule has 0 amide bonds. The van der Waals surface area contributed by atoms with Crippen LogP contribution in [0.2, 0.25) is 78.6 Å². The molecule has 7 heteroatoms. The van der Waals surface area contributed by atoms with E-state index in [-0.39, 0.29) is 0 Å². The third kappa shape index (κ3) is 6.39. The summed E-state index contributed by atoms with van der Waals surface area (Å²) in [5.74, 6) is 0. The Morgan fingerprint density at radius 2 is 1.00 bits per heavy atom. The molecule has 150 valence electrons. The van der Waals surface area contributed by atoms with Crippen molar-refractivity contribution in [2.75, 3.05) is 0 Å². The van der Waals surface area contributed by atoms with Gasteiger partial charge in [-0.1, -0.05) is 69.6 Å². The first-order valence-corrected chi connectivity index (χ1v) is 26.6. The van der Waals surface area contributed by atoms with Gasteiger partial charge in [-0.15, -0.1) is 0 Å². The lowest BCUT2D eigenvalue weighted by molar-refractivity contribution is 0.394. The molecule has 0 aliphatic heterocycles. The van der Waals surface area contributed by atoms with Crippen molar-refractivity contribution in [1.82, 2.24) is 0 Å². The summed E-state index contributed by atoms with van der Waals surface area (Å²) < 4.78 is 14.6. The summed E-state index contributed by atoms with van der Waals surface area (Å²) in [5.41, 5.74) is 1.46. The average molecular weight is 443 g/mol. The molecule has 1 rings (SSSR count). The Morgan fingerprint density at radius 3 is 1.27 bits per heavy atom. The number of hydrogen-bond acceptors (Lipinski definition) is 2. The van der Waals surface area contributed by atoms with E-state index in [1.165, 1.54) is 5.56 Å². The lowest BCUT2D eigenvalue weighted by atomic mass is 10.2. The van der Waals surface area contributed by atoms with E-state index in [0.717, 1.165) is 0 Å². The van der Waals surface area contributed by atoms with Gasteiger partial charge in [-0.3, -0.25) is 0 Å². The van der Waals surface area contributed by atoms with E-state index in [2.05, 4.69) is 109 Å².